The number of nitrogens with one attached hydrogen (secondary N) is 2. The van der Waals surface area contributed by atoms with Crippen LogP contribution in [0.2, 0.25) is 0 Å². The average Bonchev–Trinajstić information content (AvgIpc) is 2.84. The summed E-state index contributed by atoms with van der Waals surface area (Å²) in [5, 5.41) is 2.83. The molecule has 1 aliphatic heterocycles. The van der Waals surface area contributed by atoms with E-state index in [1.165, 1.54) is 36.4 Å². The van der Waals surface area contributed by atoms with Crippen LogP contribution in [-0.2, 0) is 14.8 Å². The maximum atomic E-state index is 13.1. The molecule has 3 aromatic rings. The molecular formula is C25H25FN2O5S. The first-order chi connectivity index (χ1) is 16.4. The summed E-state index contributed by atoms with van der Waals surface area (Å²) in [5.74, 6) is -0.338. The van der Waals surface area contributed by atoms with Crippen molar-refractivity contribution >= 4 is 27.3 Å². The number of carbonyl (C=O) groups is 1. The van der Waals surface area contributed by atoms with Gasteiger partial charge in [-0.3, -0.25) is 9.52 Å². The summed E-state index contributed by atoms with van der Waals surface area (Å²) in [7, 11) is -3.88. The number of carbonyl (C=O) groups excluding carboxylic acids is 1. The summed E-state index contributed by atoms with van der Waals surface area (Å²) >= 11 is 0. The molecular weight excluding hydrogens is 459 g/mol. The molecule has 0 aliphatic carbocycles. The van der Waals surface area contributed by atoms with Crippen molar-refractivity contribution in [2.45, 2.75) is 30.3 Å². The predicted octanol–water partition coefficient (Wildman–Crippen LogP) is 4.83. The lowest BCUT2D eigenvalue weighted by atomic mass is 10.1. The van der Waals surface area contributed by atoms with Gasteiger partial charge in [-0.2, -0.15) is 0 Å². The Balaban J connectivity index is 1.39. The van der Waals surface area contributed by atoms with Crippen molar-refractivity contribution in [1.82, 2.24) is 0 Å². The Kier molecular flexibility index (Phi) is 7.44. The molecule has 1 atom stereocenters. The van der Waals surface area contributed by atoms with E-state index in [2.05, 4.69) is 10.0 Å². The third-order valence-electron chi connectivity index (χ3n) is 5.36. The molecule has 178 valence electrons. The van der Waals surface area contributed by atoms with Crippen molar-refractivity contribution < 1.29 is 27.1 Å². The topological polar surface area (TPSA) is 93.7 Å². The molecule has 1 unspecified atom stereocenters. The number of amides is 1. The van der Waals surface area contributed by atoms with Crippen LogP contribution in [0, 0.1) is 5.82 Å². The highest BCUT2D eigenvalue weighted by Gasteiger charge is 2.17. The Bertz CT molecular complexity index is 1220. The van der Waals surface area contributed by atoms with Gasteiger partial charge in [0, 0.05) is 17.9 Å². The highest BCUT2D eigenvalue weighted by atomic mass is 32.2. The number of rotatable bonds is 8. The van der Waals surface area contributed by atoms with E-state index in [0.717, 1.165) is 38.0 Å². The Hall–Kier alpha value is -3.43. The largest absolute Gasteiger partial charge is 0.489 e. The second-order valence-corrected chi connectivity index (χ2v) is 9.57. The fourth-order valence-electron chi connectivity index (χ4n) is 3.53. The first-order valence-corrected chi connectivity index (χ1v) is 12.4. The van der Waals surface area contributed by atoms with Crippen molar-refractivity contribution in [3.05, 3.63) is 84.2 Å². The zero-order chi connectivity index (χ0) is 24.0. The van der Waals surface area contributed by atoms with Gasteiger partial charge in [0.15, 0.2) is 0 Å². The molecule has 34 heavy (non-hydrogen) atoms. The van der Waals surface area contributed by atoms with Gasteiger partial charge in [0.1, 0.15) is 18.2 Å². The lowest BCUT2D eigenvalue weighted by Gasteiger charge is -2.23. The van der Waals surface area contributed by atoms with Crippen molar-refractivity contribution in [2.75, 3.05) is 23.3 Å². The fraction of sp³-hybridized carbons (Fsp3) is 0.240. The standard InChI is InChI=1S/C25H25FN2O5S/c26-19-10-14-22(15-11-19)34(30,31)28-20-12-8-18(9-13-20)25(29)27-23-6-1-2-7-24(23)33-17-21-5-3-4-16-32-21/h1-2,6-15,21,28H,3-5,16-17H2,(H,27,29). The van der Waals surface area contributed by atoms with Gasteiger partial charge in [-0.05, 0) is 79.9 Å². The van der Waals surface area contributed by atoms with Gasteiger partial charge in [-0.15, -0.1) is 0 Å². The highest BCUT2D eigenvalue weighted by Crippen LogP contribution is 2.26. The molecule has 0 bridgehead atoms. The maximum Gasteiger partial charge on any atom is 0.261 e. The van der Waals surface area contributed by atoms with Gasteiger partial charge >= 0.3 is 0 Å². The van der Waals surface area contributed by atoms with Crippen molar-refractivity contribution in [3.63, 3.8) is 0 Å². The average molecular weight is 485 g/mol. The minimum Gasteiger partial charge on any atom is -0.489 e. The minimum absolute atomic E-state index is 0.0451. The quantitative estimate of drug-likeness (QED) is 0.478. The summed E-state index contributed by atoms with van der Waals surface area (Å²) in [5.41, 5.74) is 1.15. The molecule has 7 nitrogen and oxygen atoms in total. The lowest BCUT2D eigenvalue weighted by molar-refractivity contribution is -0.0109. The van der Waals surface area contributed by atoms with Gasteiger partial charge in [0.05, 0.1) is 16.7 Å². The molecule has 1 aliphatic rings. The van der Waals surface area contributed by atoms with E-state index >= 15 is 0 Å². The first kappa shape index (κ1) is 23.7. The summed E-state index contributed by atoms with van der Waals surface area (Å²) < 4.78 is 52.0. The molecule has 0 radical (unpaired) electrons. The Morgan fingerprint density at radius 1 is 1.00 bits per heavy atom. The smallest absolute Gasteiger partial charge is 0.261 e. The van der Waals surface area contributed by atoms with E-state index in [0.29, 0.717) is 23.6 Å². The SMILES string of the molecule is O=C(Nc1ccccc1OCC1CCCCO1)c1ccc(NS(=O)(=O)c2ccc(F)cc2)cc1. The minimum atomic E-state index is -3.88. The molecule has 1 saturated heterocycles. The number of anilines is 2. The fourth-order valence-corrected chi connectivity index (χ4v) is 4.59. The van der Waals surface area contributed by atoms with E-state index in [4.69, 9.17) is 9.47 Å². The maximum absolute atomic E-state index is 13.1. The predicted molar refractivity (Wildman–Crippen MR) is 127 cm³/mol. The van der Waals surface area contributed by atoms with Crippen molar-refractivity contribution in [1.29, 1.82) is 0 Å². The highest BCUT2D eigenvalue weighted by molar-refractivity contribution is 7.92. The van der Waals surface area contributed by atoms with E-state index < -0.39 is 15.8 Å². The molecule has 3 aromatic carbocycles. The third-order valence-corrected chi connectivity index (χ3v) is 6.75. The van der Waals surface area contributed by atoms with Crippen LogP contribution in [0.25, 0.3) is 0 Å². The Labute approximate surface area is 198 Å². The van der Waals surface area contributed by atoms with Crippen molar-refractivity contribution in [2.24, 2.45) is 0 Å². The summed E-state index contributed by atoms with van der Waals surface area (Å²) in [6.45, 7) is 1.15. The van der Waals surface area contributed by atoms with Gasteiger partial charge in [0.2, 0.25) is 0 Å². The monoisotopic (exact) mass is 484 g/mol. The molecule has 1 amide bonds. The number of hydrogen-bond donors (Lipinski definition) is 2. The first-order valence-electron chi connectivity index (χ1n) is 10.9. The van der Waals surface area contributed by atoms with Crippen molar-refractivity contribution in [3.8, 4) is 5.75 Å². The number of benzene rings is 3. The summed E-state index contributed by atoms with van der Waals surface area (Å²) in [4.78, 5) is 12.7. The van der Waals surface area contributed by atoms with Crippen LogP contribution in [0.1, 0.15) is 29.6 Å². The summed E-state index contributed by atoms with van der Waals surface area (Å²) in [6, 6.07) is 17.7. The Morgan fingerprint density at radius 2 is 1.74 bits per heavy atom. The van der Waals surface area contributed by atoms with E-state index in [1.54, 1.807) is 18.2 Å². The number of para-hydroxylation sites is 2. The second-order valence-electron chi connectivity index (χ2n) is 7.89. The van der Waals surface area contributed by atoms with Gasteiger partial charge < -0.3 is 14.8 Å². The molecule has 2 N–H and O–H groups in total. The molecule has 0 aromatic heterocycles. The molecule has 1 fully saturated rings. The van der Waals surface area contributed by atoms with Gasteiger partial charge in [0.25, 0.3) is 15.9 Å². The van der Waals surface area contributed by atoms with Crippen LogP contribution in [-0.4, -0.2) is 33.6 Å². The second kappa shape index (κ2) is 10.7. The normalized spacial score (nSPS) is 16.0. The third kappa shape index (κ3) is 6.12. The van der Waals surface area contributed by atoms with Crippen LogP contribution in [0.15, 0.2) is 77.7 Å². The molecule has 0 spiro atoms. The van der Waals surface area contributed by atoms with Crippen LogP contribution < -0.4 is 14.8 Å². The molecule has 1 heterocycles. The van der Waals surface area contributed by atoms with Crippen LogP contribution in [0.5, 0.6) is 5.75 Å². The number of hydrogen-bond acceptors (Lipinski definition) is 5. The number of halogens is 1. The van der Waals surface area contributed by atoms with Crippen LogP contribution >= 0.6 is 0 Å². The van der Waals surface area contributed by atoms with Gasteiger partial charge in [-0.1, -0.05) is 12.1 Å². The molecule has 4 rings (SSSR count). The van der Waals surface area contributed by atoms with E-state index in [9.17, 15) is 17.6 Å². The van der Waals surface area contributed by atoms with E-state index in [-0.39, 0.29) is 22.6 Å². The Morgan fingerprint density at radius 3 is 2.44 bits per heavy atom. The zero-order valence-electron chi connectivity index (χ0n) is 18.4. The number of ether oxygens (including phenoxy) is 2. The number of sulfonamides is 1. The van der Waals surface area contributed by atoms with Crippen LogP contribution in [0.3, 0.4) is 0 Å². The van der Waals surface area contributed by atoms with Crippen LogP contribution in [0.4, 0.5) is 15.8 Å². The zero-order valence-corrected chi connectivity index (χ0v) is 19.2. The van der Waals surface area contributed by atoms with E-state index in [1.807, 2.05) is 6.07 Å². The summed E-state index contributed by atoms with van der Waals surface area (Å²) in [6.07, 6.45) is 3.17. The molecule has 9 heteroatoms. The molecule has 0 saturated carbocycles. The van der Waals surface area contributed by atoms with Gasteiger partial charge in [-0.25, -0.2) is 12.8 Å². The lowest BCUT2D eigenvalue weighted by Crippen LogP contribution is -2.26.